The molecule has 0 spiro atoms. The minimum atomic E-state index is 0.889. The molecule has 3 rings (SSSR count). The number of likely N-dealkylation sites (N-methyl/N-ethyl adjacent to an activating group) is 1. The molecule has 0 aliphatic rings. The molecule has 3 aromatic carbocycles. The van der Waals surface area contributed by atoms with Gasteiger partial charge < -0.3 is 4.74 Å². The molecule has 0 fully saturated rings. The quantitative estimate of drug-likeness (QED) is 0.635. The van der Waals surface area contributed by atoms with Crippen molar-refractivity contribution >= 4 is 16.8 Å². The van der Waals surface area contributed by atoms with Crippen LogP contribution in [0.1, 0.15) is 11.1 Å². The van der Waals surface area contributed by atoms with E-state index in [0.717, 1.165) is 18.8 Å². The Bertz CT molecular complexity index is 816. The van der Waals surface area contributed by atoms with Gasteiger partial charge in [-0.2, -0.15) is 0 Å². The first kappa shape index (κ1) is 16.3. The topological polar surface area (TPSA) is 12.5 Å². The summed E-state index contributed by atoms with van der Waals surface area (Å²) < 4.78 is 5.18. The predicted octanol–water partition coefficient (Wildman–Crippen LogP) is 4.99. The van der Waals surface area contributed by atoms with Crippen LogP contribution in [0.3, 0.4) is 0 Å². The smallest absolute Gasteiger partial charge is 0.118 e. The van der Waals surface area contributed by atoms with E-state index in [1.165, 1.54) is 21.9 Å². The zero-order valence-corrected chi connectivity index (χ0v) is 14.3. The van der Waals surface area contributed by atoms with Gasteiger partial charge in [-0.1, -0.05) is 66.7 Å². The van der Waals surface area contributed by atoms with E-state index in [9.17, 15) is 0 Å². The summed E-state index contributed by atoms with van der Waals surface area (Å²) in [6, 6.07) is 23.2. The number of nitrogens with zero attached hydrogens (tertiary/aromatic N) is 1. The van der Waals surface area contributed by atoms with E-state index < -0.39 is 0 Å². The number of ether oxygens (including phenoxy) is 1. The van der Waals surface area contributed by atoms with E-state index in [0.29, 0.717) is 0 Å². The lowest BCUT2D eigenvalue weighted by atomic mass is 10.0. The van der Waals surface area contributed by atoms with Crippen molar-refractivity contribution in [2.45, 2.75) is 6.54 Å². The Labute approximate surface area is 144 Å². The summed E-state index contributed by atoms with van der Waals surface area (Å²) in [5, 5.41) is 2.64. The molecule has 0 atom stereocenters. The Morgan fingerprint density at radius 2 is 1.67 bits per heavy atom. The summed E-state index contributed by atoms with van der Waals surface area (Å²) in [5.74, 6) is 0.889. The summed E-state index contributed by atoms with van der Waals surface area (Å²) in [6.45, 7) is 1.85. The number of fused-ring (bicyclic) bond motifs is 1. The molecule has 3 aromatic rings. The average Bonchev–Trinajstić information content (AvgIpc) is 2.63. The molecule has 24 heavy (non-hydrogen) atoms. The molecule has 0 N–H and O–H groups in total. The maximum Gasteiger partial charge on any atom is 0.118 e. The van der Waals surface area contributed by atoms with E-state index in [-0.39, 0.29) is 0 Å². The molecule has 0 aromatic heterocycles. The number of benzene rings is 3. The Balaban J connectivity index is 1.62. The van der Waals surface area contributed by atoms with Crippen molar-refractivity contribution in [1.29, 1.82) is 0 Å². The molecule has 2 heteroatoms. The highest BCUT2D eigenvalue weighted by molar-refractivity contribution is 5.85. The van der Waals surface area contributed by atoms with E-state index in [1.54, 1.807) is 7.11 Å². The van der Waals surface area contributed by atoms with E-state index in [1.807, 2.05) is 12.1 Å². The van der Waals surface area contributed by atoms with Gasteiger partial charge in [0.25, 0.3) is 0 Å². The summed E-state index contributed by atoms with van der Waals surface area (Å²) in [4.78, 5) is 2.32. The van der Waals surface area contributed by atoms with Gasteiger partial charge in [0.2, 0.25) is 0 Å². The predicted molar refractivity (Wildman–Crippen MR) is 102 cm³/mol. The summed E-state index contributed by atoms with van der Waals surface area (Å²) in [5.41, 5.74) is 2.56. The largest absolute Gasteiger partial charge is 0.497 e. The molecule has 0 amide bonds. The van der Waals surface area contributed by atoms with Crippen molar-refractivity contribution in [1.82, 2.24) is 4.90 Å². The summed E-state index contributed by atoms with van der Waals surface area (Å²) in [6.07, 6.45) is 4.35. The Kier molecular flexibility index (Phi) is 5.29. The van der Waals surface area contributed by atoms with Crippen molar-refractivity contribution in [2.75, 3.05) is 20.7 Å². The van der Waals surface area contributed by atoms with Gasteiger partial charge in [0.15, 0.2) is 0 Å². The second kappa shape index (κ2) is 7.80. The van der Waals surface area contributed by atoms with Crippen molar-refractivity contribution in [3.8, 4) is 5.75 Å². The Hall–Kier alpha value is -2.58. The standard InChI is InChI=1S/C22H23NO/c1-23(16-6-7-18-12-14-21(24-2)15-13-18)17-20-10-5-9-19-8-3-4-11-22(19)20/h3-15H,16-17H2,1-2H3/b7-6+. The van der Waals surface area contributed by atoms with Crippen LogP contribution in [0.5, 0.6) is 5.75 Å². The molecule has 0 saturated heterocycles. The van der Waals surface area contributed by atoms with Gasteiger partial charge in [0, 0.05) is 13.1 Å². The third-order valence-corrected chi connectivity index (χ3v) is 4.16. The van der Waals surface area contributed by atoms with Gasteiger partial charge in [0.1, 0.15) is 5.75 Å². The van der Waals surface area contributed by atoms with Gasteiger partial charge >= 0.3 is 0 Å². The van der Waals surface area contributed by atoms with Crippen LogP contribution in [-0.2, 0) is 6.54 Å². The number of hydrogen-bond donors (Lipinski definition) is 0. The monoisotopic (exact) mass is 317 g/mol. The van der Waals surface area contributed by atoms with E-state index >= 15 is 0 Å². The van der Waals surface area contributed by atoms with Crippen molar-refractivity contribution in [3.05, 3.63) is 83.9 Å². The van der Waals surface area contributed by atoms with Crippen LogP contribution in [-0.4, -0.2) is 25.6 Å². The van der Waals surface area contributed by atoms with Crippen LogP contribution in [0.25, 0.3) is 16.8 Å². The number of rotatable bonds is 6. The van der Waals surface area contributed by atoms with Crippen LogP contribution in [0, 0.1) is 0 Å². The molecular formula is C22H23NO. The molecule has 0 aliphatic heterocycles. The molecular weight excluding hydrogens is 294 g/mol. The lowest BCUT2D eigenvalue weighted by Gasteiger charge is -2.16. The van der Waals surface area contributed by atoms with E-state index in [2.05, 4.69) is 78.7 Å². The average molecular weight is 317 g/mol. The Morgan fingerprint density at radius 1 is 0.917 bits per heavy atom. The van der Waals surface area contributed by atoms with Gasteiger partial charge in [-0.15, -0.1) is 0 Å². The van der Waals surface area contributed by atoms with E-state index in [4.69, 9.17) is 4.74 Å². The Morgan fingerprint density at radius 3 is 2.46 bits per heavy atom. The molecule has 122 valence electrons. The normalized spacial score (nSPS) is 11.5. The molecule has 0 radical (unpaired) electrons. The van der Waals surface area contributed by atoms with Crippen molar-refractivity contribution in [3.63, 3.8) is 0 Å². The van der Waals surface area contributed by atoms with Crippen LogP contribution < -0.4 is 4.74 Å². The highest BCUT2D eigenvalue weighted by Crippen LogP contribution is 2.19. The minimum absolute atomic E-state index is 0.889. The van der Waals surface area contributed by atoms with Gasteiger partial charge in [-0.3, -0.25) is 4.90 Å². The van der Waals surface area contributed by atoms with Crippen LogP contribution in [0.15, 0.2) is 72.8 Å². The lowest BCUT2D eigenvalue weighted by Crippen LogP contribution is -2.17. The van der Waals surface area contributed by atoms with Crippen molar-refractivity contribution < 1.29 is 4.74 Å². The first-order chi connectivity index (χ1) is 11.8. The maximum atomic E-state index is 5.18. The molecule has 0 saturated carbocycles. The molecule has 0 aliphatic carbocycles. The van der Waals surface area contributed by atoms with Crippen LogP contribution in [0.4, 0.5) is 0 Å². The first-order valence-corrected chi connectivity index (χ1v) is 8.22. The molecule has 2 nitrogen and oxygen atoms in total. The zero-order chi connectivity index (χ0) is 16.8. The first-order valence-electron chi connectivity index (χ1n) is 8.22. The molecule has 0 unspecified atom stereocenters. The fourth-order valence-corrected chi connectivity index (χ4v) is 2.87. The highest BCUT2D eigenvalue weighted by atomic mass is 16.5. The third kappa shape index (κ3) is 4.03. The zero-order valence-electron chi connectivity index (χ0n) is 14.3. The fraction of sp³-hybridized carbons (Fsp3) is 0.182. The van der Waals surface area contributed by atoms with Crippen LogP contribution in [0.2, 0.25) is 0 Å². The number of hydrogen-bond acceptors (Lipinski definition) is 2. The second-order valence-electron chi connectivity index (χ2n) is 6.01. The van der Waals surface area contributed by atoms with Gasteiger partial charge in [-0.25, -0.2) is 0 Å². The highest BCUT2D eigenvalue weighted by Gasteiger charge is 2.03. The maximum absolute atomic E-state index is 5.18. The SMILES string of the molecule is COc1ccc(/C=C/CN(C)Cc2cccc3ccccc23)cc1. The van der Waals surface area contributed by atoms with Gasteiger partial charge in [0.05, 0.1) is 7.11 Å². The summed E-state index contributed by atoms with van der Waals surface area (Å²) >= 11 is 0. The summed E-state index contributed by atoms with van der Waals surface area (Å²) in [7, 11) is 3.84. The molecule has 0 heterocycles. The van der Waals surface area contributed by atoms with Crippen molar-refractivity contribution in [2.24, 2.45) is 0 Å². The fourth-order valence-electron chi connectivity index (χ4n) is 2.87. The molecule has 0 bridgehead atoms. The second-order valence-corrected chi connectivity index (χ2v) is 6.01. The number of methoxy groups -OCH3 is 1. The lowest BCUT2D eigenvalue weighted by molar-refractivity contribution is 0.365. The third-order valence-electron chi connectivity index (χ3n) is 4.16. The van der Waals surface area contributed by atoms with Gasteiger partial charge in [-0.05, 0) is 41.1 Å². The minimum Gasteiger partial charge on any atom is -0.497 e. The van der Waals surface area contributed by atoms with Crippen LogP contribution >= 0.6 is 0 Å².